The highest BCUT2D eigenvalue weighted by Gasteiger charge is 2.11. The molecule has 2 aromatic rings. The Labute approximate surface area is 144 Å². The SMILES string of the molecule is COc1cc([C@H](N)CCCN)ccc1OCc1ccccc1.Cl. The maximum atomic E-state index is 6.17. The molecule has 0 heterocycles. The molecule has 0 saturated heterocycles. The first kappa shape index (κ1) is 19.3. The van der Waals surface area contributed by atoms with Gasteiger partial charge in [-0.1, -0.05) is 36.4 Å². The second-order valence-corrected chi connectivity index (χ2v) is 5.22. The van der Waals surface area contributed by atoms with Crippen molar-refractivity contribution in [2.45, 2.75) is 25.5 Å². The van der Waals surface area contributed by atoms with Crippen molar-refractivity contribution in [1.29, 1.82) is 0 Å². The molecule has 0 amide bonds. The van der Waals surface area contributed by atoms with Crippen LogP contribution in [-0.4, -0.2) is 13.7 Å². The van der Waals surface area contributed by atoms with E-state index in [1.807, 2.05) is 48.5 Å². The van der Waals surface area contributed by atoms with Gasteiger partial charge in [-0.2, -0.15) is 0 Å². The van der Waals surface area contributed by atoms with Crippen molar-refractivity contribution in [3.05, 3.63) is 59.7 Å². The van der Waals surface area contributed by atoms with E-state index in [2.05, 4.69) is 0 Å². The number of benzene rings is 2. The second-order valence-electron chi connectivity index (χ2n) is 5.22. The van der Waals surface area contributed by atoms with Crippen LogP contribution < -0.4 is 20.9 Å². The fourth-order valence-electron chi connectivity index (χ4n) is 2.27. The van der Waals surface area contributed by atoms with Gasteiger partial charge >= 0.3 is 0 Å². The first-order valence-corrected chi connectivity index (χ1v) is 7.55. The fourth-order valence-corrected chi connectivity index (χ4v) is 2.27. The lowest BCUT2D eigenvalue weighted by molar-refractivity contribution is 0.284. The number of methoxy groups -OCH3 is 1. The molecule has 0 spiro atoms. The Morgan fingerprint density at radius 1 is 1.04 bits per heavy atom. The third-order valence-corrected chi connectivity index (χ3v) is 3.57. The van der Waals surface area contributed by atoms with Crippen LogP contribution in [-0.2, 0) is 6.61 Å². The van der Waals surface area contributed by atoms with Crippen LogP contribution in [0.5, 0.6) is 11.5 Å². The number of rotatable bonds is 8. The molecule has 0 bridgehead atoms. The lowest BCUT2D eigenvalue weighted by Crippen LogP contribution is -2.12. The van der Waals surface area contributed by atoms with E-state index >= 15 is 0 Å². The minimum atomic E-state index is -0.0272. The van der Waals surface area contributed by atoms with Crippen molar-refractivity contribution in [3.63, 3.8) is 0 Å². The summed E-state index contributed by atoms with van der Waals surface area (Å²) < 4.78 is 11.3. The number of nitrogens with two attached hydrogens (primary N) is 2. The van der Waals surface area contributed by atoms with Gasteiger partial charge in [0.2, 0.25) is 0 Å². The molecule has 5 heteroatoms. The molecular formula is C18H25ClN2O2. The highest BCUT2D eigenvalue weighted by Crippen LogP contribution is 2.31. The molecule has 0 aliphatic rings. The number of hydrogen-bond donors (Lipinski definition) is 2. The zero-order valence-corrected chi connectivity index (χ0v) is 14.2. The molecule has 126 valence electrons. The summed E-state index contributed by atoms with van der Waals surface area (Å²) in [6, 6.07) is 15.9. The second kappa shape index (κ2) is 10.1. The maximum Gasteiger partial charge on any atom is 0.161 e. The summed E-state index contributed by atoms with van der Waals surface area (Å²) in [5.74, 6) is 1.43. The number of ether oxygens (including phenoxy) is 2. The van der Waals surface area contributed by atoms with E-state index in [1.165, 1.54) is 0 Å². The molecule has 0 fully saturated rings. The predicted molar refractivity (Wildman–Crippen MR) is 96.2 cm³/mol. The van der Waals surface area contributed by atoms with E-state index < -0.39 is 0 Å². The van der Waals surface area contributed by atoms with Crippen LogP contribution in [0.25, 0.3) is 0 Å². The Kier molecular flexibility index (Phi) is 8.48. The summed E-state index contributed by atoms with van der Waals surface area (Å²) in [7, 11) is 1.64. The molecule has 0 aliphatic carbocycles. The Morgan fingerprint density at radius 3 is 2.43 bits per heavy atom. The fraction of sp³-hybridized carbons (Fsp3) is 0.333. The smallest absolute Gasteiger partial charge is 0.161 e. The van der Waals surface area contributed by atoms with Crippen LogP contribution in [0, 0.1) is 0 Å². The molecule has 0 unspecified atom stereocenters. The van der Waals surface area contributed by atoms with E-state index in [1.54, 1.807) is 7.11 Å². The number of halogens is 1. The van der Waals surface area contributed by atoms with Crippen molar-refractivity contribution in [3.8, 4) is 11.5 Å². The van der Waals surface area contributed by atoms with E-state index in [0.717, 1.165) is 29.7 Å². The quantitative estimate of drug-likeness (QED) is 0.774. The average Bonchev–Trinajstić information content (AvgIpc) is 2.58. The first-order chi connectivity index (χ1) is 10.7. The van der Waals surface area contributed by atoms with Crippen molar-refractivity contribution in [1.82, 2.24) is 0 Å². The monoisotopic (exact) mass is 336 g/mol. The van der Waals surface area contributed by atoms with Crippen LogP contribution in [0.3, 0.4) is 0 Å². The number of hydrogen-bond acceptors (Lipinski definition) is 4. The predicted octanol–water partition coefficient (Wildman–Crippen LogP) is 3.43. The standard InChI is InChI=1S/C18H24N2O2.ClH/c1-21-18-12-15(16(20)8-5-11-19)9-10-17(18)22-13-14-6-3-2-4-7-14;/h2-4,6-7,9-10,12,16H,5,8,11,13,19-20H2,1H3;1H/t16-;/m1./s1. The van der Waals surface area contributed by atoms with E-state index in [4.69, 9.17) is 20.9 Å². The van der Waals surface area contributed by atoms with Gasteiger partial charge in [-0.15, -0.1) is 12.4 Å². The summed E-state index contributed by atoms with van der Waals surface area (Å²) in [4.78, 5) is 0. The molecule has 0 radical (unpaired) electrons. The summed E-state index contributed by atoms with van der Waals surface area (Å²) in [6.45, 7) is 1.17. The lowest BCUT2D eigenvalue weighted by atomic mass is 10.0. The van der Waals surface area contributed by atoms with Crippen molar-refractivity contribution >= 4 is 12.4 Å². The normalized spacial score (nSPS) is 11.4. The van der Waals surface area contributed by atoms with Crippen LogP contribution in [0.4, 0.5) is 0 Å². The molecule has 4 nitrogen and oxygen atoms in total. The summed E-state index contributed by atoms with van der Waals surface area (Å²) >= 11 is 0. The van der Waals surface area contributed by atoms with Gasteiger partial charge in [0, 0.05) is 6.04 Å². The molecular weight excluding hydrogens is 312 g/mol. The molecule has 4 N–H and O–H groups in total. The van der Waals surface area contributed by atoms with Gasteiger partial charge in [0.1, 0.15) is 6.61 Å². The molecule has 23 heavy (non-hydrogen) atoms. The zero-order valence-electron chi connectivity index (χ0n) is 13.4. The van der Waals surface area contributed by atoms with Gasteiger partial charge in [-0.3, -0.25) is 0 Å². The summed E-state index contributed by atoms with van der Waals surface area (Å²) in [6.07, 6.45) is 1.78. The van der Waals surface area contributed by atoms with E-state index in [-0.39, 0.29) is 18.4 Å². The van der Waals surface area contributed by atoms with Crippen LogP contribution in [0.15, 0.2) is 48.5 Å². The van der Waals surface area contributed by atoms with Crippen molar-refractivity contribution < 1.29 is 9.47 Å². The average molecular weight is 337 g/mol. The van der Waals surface area contributed by atoms with Gasteiger partial charge in [-0.05, 0) is 42.6 Å². The molecule has 2 rings (SSSR count). The third kappa shape index (κ3) is 5.75. The van der Waals surface area contributed by atoms with Crippen LogP contribution >= 0.6 is 12.4 Å². The molecule has 1 atom stereocenters. The molecule has 0 aromatic heterocycles. The Morgan fingerprint density at radius 2 is 1.78 bits per heavy atom. The topological polar surface area (TPSA) is 70.5 Å². The zero-order chi connectivity index (χ0) is 15.8. The minimum absolute atomic E-state index is 0. The molecule has 0 aliphatic heterocycles. The third-order valence-electron chi connectivity index (χ3n) is 3.57. The van der Waals surface area contributed by atoms with Gasteiger partial charge < -0.3 is 20.9 Å². The lowest BCUT2D eigenvalue weighted by Gasteiger charge is -2.16. The van der Waals surface area contributed by atoms with Gasteiger partial charge in [-0.25, -0.2) is 0 Å². The van der Waals surface area contributed by atoms with Crippen molar-refractivity contribution in [2.24, 2.45) is 11.5 Å². The van der Waals surface area contributed by atoms with Crippen LogP contribution in [0.2, 0.25) is 0 Å². The first-order valence-electron chi connectivity index (χ1n) is 7.55. The maximum absolute atomic E-state index is 6.17. The largest absolute Gasteiger partial charge is 0.493 e. The highest BCUT2D eigenvalue weighted by atomic mass is 35.5. The van der Waals surface area contributed by atoms with Gasteiger partial charge in [0.15, 0.2) is 11.5 Å². The summed E-state index contributed by atoms with van der Waals surface area (Å²) in [5, 5.41) is 0. The van der Waals surface area contributed by atoms with E-state index in [9.17, 15) is 0 Å². The van der Waals surface area contributed by atoms with Crippen molar-refractivity contribution in [2.75, 3.05) is 13.7 Å². The van der Waals surface area contributed by atoms with Gasteiger partial charge in [0.05, 0.1) is 7.11 Å². The Hall–Kier alpha value is -1.75. The Bertz CT molecular complexity index is 578. The minimum Gasteiger partial charge on any atom is -0.493 e. The summed E-state index contributed by atoms with van der Waals surface area (Å²) in [5.41, 5.74) is 13.9. The van der Waals surface area contributed by atoms with Gasteiger partial charge in [0.25, 0.3) is 0 Å². The molecule has 2 aromatic carbocycles. The molecule has 0 saturated carbocycles. The van der Waals surface area contributed by atoms with Crippen LogP contribution in [0.1, 0.15) is 30.0 Å². The van der Waals surface area contributed by atoms with E-state index in [0.29, 0.717) is 18.9 Å². The Balaban J connectivity index is 0.00000264. The highest BCUT2D eigenvalue weighted by molar-refractivity contribution is 5.85.